The third-order valence-electron chi connectivity index (χ3n) is 9.60. The molecule has 0 unspecified atom stereocenters. The average molecular weight is 1010 g/mol. The van der Waals surface area contributed by atoms with Gasteiger partial charge in [0.15, 0.2) is 5.78 Å². The van der Waals surface area contributed by atoms with Crippen LogP contribution < -0.4 is 20.7 Å². The van der Waals surface area contributed by atoms with E-state index >= 15 is 0 Å². The van der Waals surface area contributed by atoms with E-state index in [2.05, 4.69) is 31.9 Å². The van der Waals surface area contributed by atoms with Crippen LogP contribution in [0.1, 0.15) is 127 Å². The highest BCUT2D eigenvalue weighted by atomic mass is 79.9. The van der Waals surface area contributed by atoms with Crippen LogP contribution in [0.3, 0.4) is 0 Å². The Morgan fingerprint density at radius 2 is 1.20 bits per heavy atom. The van der Waals surface area contributed by atoms with Crippen LogP contribution in [-0.4, -0.2) is 146 Å². The Balaban J connectivity index is 0.00000130. The van der Waals surface area contributed by atoms with Crippen LogP contribution >= 0.6 is 15.9 Å². The van der Waals surface area contributed by atoms with Crippen LogP contribution in [-0.2, 0) is 52.5 Å². The summed E-state index contributed by atoms with van der Waals surface area (Å²) in [5.41, 5.74) is 0.236. The van der Waals surface area contributed by atoms with E-state index in [-0.39, 0.29) is 86.4 Å². The number of Topliss-reactive ketones (excluding diaryl/α,β-unsaturated/α-hetero) is 2. The van der Waals surface area contributed by atoms with Crippen LogP contribution in [0.5, 0.6) is 5.75 Å². The molecular weight excluding hydrogens is 930 g/mol. The molecule has 0 aliphatic carbocycles. The lowest BCUT2D eigenvalue weighted by Gasteiger charge is -2.14. The molecule has 1 aromatic rings. The fraction of sp³-hybridized carbons (Fsp3) is 0.696. The summed E-state index contributed by atoms with van der Waals surface area (Å²) in [6.07, 6.45) is 9.77. The first-order valence-electron chi connectivity index (χ1n) is 22.9. The van der Waals surface area contributed by atoms with Gasteiger partial charge >= 0.3 is 17.9 Å². The molecule has 0 aromatic heterocycles. The van der Waals surface area contributed by atoms with Crippen molar-refractivity contribution in [2.75, 3.05) is 77.9 Å². The largest absolute Gasteiger partial charge is 0.494 e. The Morgan fingerprint density at radius 1 is 0.561 bits per heavy atom. The predicted octanol–water partition coefficient (Wildman–Crippen LogP) is 5.13. The number of ether oxygens (including phenoxy) is 5. The SMILES string of the molecule is CCOCC(=O)CCCOCCOCC(=O)N[C@@H](CCCCNC(=O)CBr)C(=O)O.CCOCCNC(=O)CC[C@H](CC(=O)CCCCCCCCCOc1ccc(C(=O)O)cc1)C(=O)O. The Kier molecular flexibility index (Phi) is 39.0. The zero-order valence-electron chi connectivity index (χ0n) is 38.8. The number of halogens is 1. The number of nitrogens with one attached hydrogen (secondary N) is 3. The van der Waals surface area contributed by atoms with Crippen LogP contribution in [0, 0.1) is 5.92 Å². The maximum atomic E-state index is 12.2. The topological polar surface area (TPSA) is 279 Å². The number of alkyl halides is 1. The van der Waals surface area contributed by atoms with Gasteiger partial charge in [-0.15, -0.1) is 0 Å². The molecule has 0 radical (unpaired) electrons. The molecule has 0 heterocycles. The highest BCUT2D eigenvalue weighted by molar-refractivity contribution is 9.09. The first-order valence-corrected chi connectivity index (χ1v) is 24.0. The smallest absolute Gasteiger partial charge is 0.335 e. The Labute approximate surface area is 397 Å². The van der Waals surface area contributed by atoms with Crippen LogP contribution in [0.15, 0.2) is 24.3 Å². The monoisotopic (exact) mass is 1000 g/mol. The lowest BCUT2D eigenvalue weighted by atomic mass is 9.94. The summed E-state index contributed by atoms with van der Waals surface area (Å²) in [6.45, 7) is 7.36. The Hall–Kier alpha value is -4.50. The van der Waals surface area contributed by atoms with Gasteiger partial charge in [-0.05, 0) is 83.1 Å². The minimum Gasteiger partial charge on any atom is -0.494 e. The number of amides is 3. The molecule has 66 heavy (non-hydrogen) atoms. The van der Waals surface area contributed by atoms with E-state index in [1.807, 2.05) is 13.8 Å². The van der Waals surface area contributed by atoms with Crippen molar-refractivity contribution >= 4 is 63.1 Å². The number of hydrogen-bond donors (Lipinski definition) is 6. The van der Waals surface area contributed by atoms with E-state index in [1.165, 1.54) is 12.1 Å². The average Bonchev–Trinajstić information content (AvgIpc) is 3.29. The second-order valence-electron chi connectivity index (χ2n) is 15.1. The molecule has 0 saturated heterocycles. The lowest BCUT2D eigenvalue weighted by molar-refractivity contribution is -0.144. The molecular formula is C46H74BrN3O16. The van der Waals surface area contributed by atoms with Crippen LogP contribution in [0.25, 0.3) is 0 Å². The van der Waals surface area contributed by atoms with Crippen molar-refractivity contribution < 1.29 is 77.4 Å². The van der Waals surface area contributed by atoms with Gasteiger partial charge in [-0.2, -0.15) is 0 Å². The molecule has 0 fully saturated rings. The number of benzene rings is 1. The summed E-state index contributed by atoms with van der Waals surface area (Å²) in [5.74, 6) is -4.18. The second-order valence-corrected chi connectivity index (χ2v) is 15.7. The summed E-state index contributed by atoms with van der Waals surface area (Å²) in [5, 5.41) is 35.4. The van der Waals surface area contributed by atoms with Gasteiger partial charge < -0.3 is 55.0 Å². The maximum absolute atomic E-state index is 12.2. The minimum atomic E-state index is -1.12. The number of carboxylic acids is 3. The van der Waals surface area contributed by atoms with Crippen molar-refractivity contribution in [3.63, 3.8) is 0 Å². The number of rotatable bonds is 42. The van der Waals surface area contributed by atoms with Crippen LogP contribution in [0.2, 0.25) is 0 Å². The normalized spacial score (nSPS) is 11.6. The molecule has 6 N–H and O–H groups in total. The molecule has 0 aliphatic rings. The molecule has 0 saturated carbocycles. The molecule has 20 heteroatoms. The number of carbonyl (C=O) groups excluding carboxylic acids is 5. The molecule has 19 nitrogen and oxygen atoms in total. The van der Waals surface area contributed by atoms with Crippen molar-refractivity contribution in [2.45, 2.75) is 123 Å². The van der Waals surface area contributed by atoms with Gasteiger partial charge in [0.1, 0.15) is 30.8 Å². The summed E-state index contributed by atoms with van der Waals surface area (Å²) in [6, 6.07) is 5.36. The van der Waals surface area contributed by atoms with E-state index < -0.39 is 35.8 Å². The van der Waals surface area contributed by atoms with E-state index in [9.17, 15) is 48.6 Å². The van der Waals surface area contributed by atoms with Gasteiger partial charge in [-0.25, -0.2) is 9.59 Å². The van der Waals surface area contributed by atoms with E-state index in [0.717, 1.165) is 44.9 Å². The second kappa shape index (κ2) is 41.9. The first-order chi connectivity index (χ1) is 31.7. The minimum absolute atomic E-state index is 0.0272. The van der Waals surface area contributed by atoms with Crippen molar-refractivity contribution in [3.05, 3.63) is 29.8 Å². The number of unbranched alkanes of at least 4 members (excludes halogenated alkanes) is 7. The van der Waals surface area contributed by atoms with Crippen molar-refractivity contribution in [3.8, 4) is 5.75 Å². The highest BCUT2D eigenvalue weighted by Gasteiger charge is 2.22. The molecule has 0 bridgehead atoms. The third-order valence-corrected chi connectivity index (χ3v) is 10.1. The number of carbonyl (C=O) groups is 8. The fourth-order valence-electron chi connectivity index (χ4n) is 5.97. The van der Waals surface area contributed by atoms with E-state index in [1.54, 1.807) is 12.1 Å². The summed E-state index contributed by atoms with van der Waals surface area (Å²) in [4.78, 5) is 91.8. The number of aromatic carboxylic acids is 1. The van der Waals surface area contributed by atoms with E-state index in [4.69, 9.17) is 28.8 Å². The van der Waals surface area contributed by atoms with Crippen molar-refractivity contribution in [2.24, 2.45) is 5.92 Å². The van der Waals surface area contributed by atoms with Gasteiger partial charge in [0.05, 0.1) is 43.2 Å². The molecule has 1 aromatic carbocycles. The number of hydrogen-bond acceptors (Lipinski definition) is 13. The van der Waals surface area contributed by atoms with Gasteiger partial charge in [0.25, 0.3) is 0 Å². The quantitative estimate of drug-likeness (QED) is 0.0366. The molecule has 0 aliphatic heterocycles. The maximum Gasteiger partial charge on any atom is 0.335 e. The third kappa shape index (κ3) is 36.7. The lowest BCUT2D eigenvalue weighted by Crippen LogP contribution is -2.42. The zero-order chi connectivity index (χ0) is 49.2. The number of ketones is 2. The van der Waals surface area contributed by atoms with Gasteiger partial charge in [-0.1, -0.05) is 48.0 Å². The standard InChI is InChI=1S/C27H41NO8.C19H33BrN2O8/c1-2-35-19-17-28-25(30)16-13-22(27(33)34)20-23(29)10-8-6-4-3-5-7-9-18-36-24-14-11-21(12-15-24)26(31)32;1-2-28-13-15(23)6-5-9-29-10-11-30-14-18(25)22-16(19(26)27)7-3-4-8-21-17(24)12-20/h11-12,14-15,22H,2-10,13,16-20H2,1H3,(H,28,30)(H,31,32)(H,33,34);16H,2-14H2,1H3,(H,21,24)(H,22,25)(H,26,27)/t22-;16-/m10/s1. The number of carboxylic acid groups (broad SMARTS) is 3. The van der Waals surface area contributed by atoms with Gasteiger partial charge in [-0.3, -0.25) is 28.8 Å². The van der Waals surface area contributed by atoms with E-state index in [0.29, 0.717) is 84.0 Å². The summed E-state index contributed by atoms with van der Waals surface area (Å²) < 4.78 is 26.3. The van der Waals surface area contributed by atoms with Crippen molar-refractivity contribution in [1.82, 2.24) is 16.0 Å². The van der Waals surface area contributed by atoms with Gasteiger partial charge in [0, 0.05) is 58.6 Å². The zero-order valence-corrected chi connectivity index (χ0v) is 40.4. The molecule has 1 rings (SSSR count). The Bertz CT molecular complexity index is 1530. The predicted molar refractivity (Wildman–Crippen MR) is 248 cm³/mol. The first kappa shape index (κ1) is 61.5. The summed E-state index contributed by atoms with van der Waals surface area (Å²) in [7, 11) is 0. The van der Waals surface area contributed by atoms with Gasteiger partial charge in [0.2, 0.25) is 17.7 Å². The molecule has 3 amide bonds. The fourth-order valence-corrected chi connectivity index (χ4v) is 6.17. The Morgan fingerprint density at radius 3 is 1.83 bits per heavy atom. The van der Waals surface area contributed by atoms with Crippen molar-refractivity contribution in [1.29, 1.82) is 0 Å². The highest BCUT2D eigenvalue weighted by Crippen LogP contribution is 2.17. The molecule has 2 atom stereocenters. The molecule has 0 spiro atoms. The number of aliphatic carboxylic acids is 2. The summed E-state index contributed by atoms with van der Waals surface area (Å²) >= 11 is 3.03. The van der Waals surface area contributed by atoms with Crippen LogP contribution in [0.4, 0.5) is 0 Å². The molecule has 376 valence electrons.